The maximum Gasteiger partial charge on any atom is 0.251 e. The van der Waals surface area contributed by atoms with Crippen molar-refractivity contribution in [3.8, 4) is 5.75 Å². The van der Waals surface area contributed by atoms with Crippen LogP contribution >= 0.6 is 11.3 Å². The zero-order chi connectivity index (χ0) is 32.8. The van der Waals surface area contributed by atoms with Crippen LogP contribution in [0.25, 0.3) is 21.0 Å². The molecule has 0 saturated carbocycles. The number of nitrogens with zero attached hydrogens (tertiary/aromatic N) is 3. The van der Waals surface area contributed by atoms with E-state index in [2.05, 4.69) is 51.7 Å². The summed E-state index contributed by atoms with van der Waals surface area (Å²) in [5.41, 5.74) is 2.02. The van der Waals surface area contributed by atoms with E-state index in [-0.39, 0.29) is 23.7 Å². The van der Waals surface area contributed by atoms with Gasteiger partial charge in [0.05, 0.1) is 12.1 Å². The predicted molar refractivity (Wildman–Crippen MR) is 194 cm³/mol. The van der Waals surface area contributed by atoms with Crippen molar-refractivity contribution in [3.05, 3.63) is 70.3 Å². The molecule has 3 heterocycles. The zero-order valence-corrected chi connectivity index (χ0v) is 28.7. The highest BCUT2D eigenvalue weighted by molar-refractivity contribution is 7.17. The van der Waals surface area contributed by atoms with Crippen molar-refractivity contribution in [2.24, 2.45) is 0 Å². The molecule has 47 heavy (non-hydrogen) atoms. The quantitative estimate of drug-likeness (QED) is 0.109. The third kappa shape index (κ3) is 10.1. The van der Waals surface area contributed by atoms with Gasteiger partial charge in [-0.05, 0) is 79.4 Å². The molecule has 9 heteroatoms. The molecule has 0 atom stereocenters. The molecule has 0 unspecified atom stereocenters. The molecule has 0 radical (unpaired) electrons. The lowest BCUT2D eigenvalue weighted by atomic mass is 10.1. The van der Waals surface area contributed by atoms with E-state index < -0.39 is 0 Å². The third-order valence-electron chi connectivity index (χ3n) is 9.11. The number of Topliss-reactive ketones (excluding diaryl/α,β-unsaturated/α-hetero) is 1. The van der Waals surface area contributed by atoms with Gasteiger partial charge in [-0.25, -0.2) is 0 Å². The number of aryl methyl sites for hydroxylation is 1. The fourth-order valence-electron chi connectivity index (χ4n) is 6.36. The standard InChI is InChI=1S/C38H50N4O4S/c1-2-3-4-5-13-37(44)39-20-9-10-31(43)18-22-42-35-29-32(16-14-30(35)15-17-38(42)45)46-27-7-6-21-40-23-25-41(26-24-40)34-11-8-12-36-33(34)19-28-47-36/h8,11-12,14-17,19,28-29H,2-7,9-10,13,18,20-27H2,1H3,(H,39,44). The van der Waals surface area contributed by atoms with E-state index in [0.717, 1.165) is 87.9 Å². The van der Waals surface area contributed by atoms with E-state index in [1.165, 1.54) is 15.8 Å². The molecule has 5 rings (SSSR count). The Hall–Kier alpha value is -3.69. The average Bonchev–Trinajstić information content (AvgIpc) is 3.58. The number of hydrogen-bond donors (Lipinski definition) is 1. The molecule has 0 spiro atoms. The Morgan fingerprint density at radius 3 is 2.55 bits per heavy atom. The van der Waals surface area contributed by atoms with Crippen LogP contribution in [0.4, 0.5) is 5.69 Å². The number of carbonyl (C=O) groups is 2. The van der Waals surface area contributed by atoms with Crippen molar-refractivity contribution in [2.75, 3.05) is 50.8 Å². The van der Waals surface area contributed by atoms with Crippen LogP contribution in [0, 0.1) is 0 Å². The van der Waals surface area contributed by atoms with Gasteiger partial charge in [0.1, 0.15) is 11.5 Å². The van der Waals surface area contributed by atoms with Crippen LogP contribution in [0.5, 0.6) is 5.75 Å². The Labute approximate surface area is 282 Å². The minimum atomic E-state index is -0.120. The molecule has 8 nitrogen and oxygen atoms in total. The number of hydrogen-bond acceptors (Lipinski definition) is 7. The largest absolute Gasteiger partial charge is 0.494 e. The highest BCUT2D eigenvalue weighted by Crippen LogP contribution is 2.31. The topological polar surface area (TPSA) is 83.9 Å². The van der Waals surface area contributed by atoms with Gasteiger partial charge in [-0.3, -0.25) is 19.3 Å². The molecule has 1 saturated heterocycles. The summed E-state index contributed by atoms with van der Waals surface area (Å²) in [6, 6.07) is 18.1. The minimum absolute atomic E-state index is 0.0614. The number of unbranched alkanes of at least 4 members (excludes halogenated alkanes) is 4. The van der Waals surface area contributed by atoms with Crippen LogP contribution in [0.2, 0.25) is 0 Å². The lowest BCUT2D eigenvalue weighted by molar-refractivity contribution is -0.122. The van der Waals surface area contributed by atoms with E-state index in [1.54, 1.807) is 22.0 Å². The summed E-state index contributed by atoms with van der Waals surface area (Å²) >= 11 is 1.80. The molecule has 252 valence electrons. The molecule has 4 aromatic rings. The second kappa shape index (κ2) is 18.0. The van der Waals surface area contributed by atoms with Crippen LogP contribution in [-0.4, -0.2) is 67.0 Å². The van der Waals surface area contributed by atoms with Gasteiger partial charge in [0.2, 0.25) is 5.91 Å². The minimum Gasteiger partial charge on any atom is -0.494 e. The number of fused-ring (bicyclic) bond motifs is 2. The summed E-state index contributed by atoms with van der Waals surface area (Å²) in [6.45, 7) is 8.92. The zero-order valence-electron chi connectivity index (χ0n) is 27.9. The number of amides is 1. The predicted octanol–water partition coefficient (Wildman–Crippen LogP) is 7.02. The van der Waals surface area contributed by atoms with Gasteiger partial charge in [-0.2, -0.15) is 0 Å². The molecular formula is C38H50N4O4S. The van der Waals surface area contributed by atoms with Gasteiger partial charge in [0.15, 0.2) is 0 Å². The van der Waals surface area contributed by atoms with Crippen LogP contribution in [0.1, 0.15) is 71.1 Å². The van der Waals surface area contributed by atoms with E-state index >= 15 is 0 Å². The third-order valence-corrected chi connectivity index (χ3v) is 10.00. The van der Waals surface area contributed by atoms with Crippen LogP contribution < -0.4 is 20.5 Å². The number of carbonyl (C=O) groups excluding carboxylic acids is 2. The van der Waals surface area contributed by atoms with Gasteiger partial charge >= 0.3 is 0 Å². The molecule has 1 aliphatic rings. The first-order valence-corrected chi connectivity index (χ1v) is 18.4. The lowest BCUT2D eigenvalue weighted by Crippen LogP contribution is -2.46. The van der Waals surface area contributed by atoms with Gasteiger partial charge in [-0.1, -0.05) is 32.3 Å². The number of thiophene rings is 1. The van der Waals surface area contributed by atoms with E-state index in [4.69, 9.17) is 4.74 Å². The molecule has 0 aliphatic carbocycles. The number of anilines is 1. The first-order valence-electron chi connectivity index (χ1n) is 17.5. The number of piperazine rings is 1. The van der Waals surface area contributed by atoms with Gasteiger partial charge < -0.3 is 19.5 Å². The first-order chi connectivity index (χ1) is 23.0. The second-order valence-electron chi connectivity index (χ2n) is 12.6. The van der Waals surface area contributed by atoms with Crippen molar-refractivity contribution >= 4 is 49.7 Å². The number of ether oxygens (including phenoxy) is 1. The van der Waals surface area contributed by atoms with Crippen molar-refractivity contribution in [1.29, 1.82) is 0 Å². The fourth-order valence-corrected chi connectivity index (χ4v) is 7.17. The molecule has 0 bridgehead atoms. The Balaban J connectivity index is 1.01. The number of aromatic nitrogens is 1. The highest BCUT2D eigenvalue weighted by Gasteiger charge is 2.18. The SMILES string of the molecule is CCCCCCC(=O)NCCCC(=O)CCn1c(=O)ccc2ccc(OCCCCN3CCN(c4cccc5sccc45)CC3)cc21. The van der Waals surface area contributed by atoms with E-state index in [0.29, 0.717) is 39.0 Å². The Kier molecular flexibility index (Phi) is 13.3. The maximum absolute atomic E-state index is 12.8. The molecule has 2 aromatic heterocycles. The molecular weight excluding hydrogens is 609 g/mol. The Morgan fingerprint density at radius 1 is 0.851 bits per heavy atom. The molecule has 1 fully saturated rings. The molecule has 2 aromatic carbocycles. The van der Waals surface area contributed by atoms with Gasteiger partial charge in [0, 0.05) is 86.4 Å². The normalized spacial score (nSPS) is 13.8. The maximum atomic E-state index is 12.8. The van der Waals surface area contributed by atoms with Crippen LogP contribution in [0.3, 0.4) is 0 Å². The second-order valence-corrected chi connectivity index (χ2v) is 13.5. The number of ketones is 1. The molecule has 1 amide bonds. The lowest BCUT2D eigenvalue weighted by Gasteiger charge is -2.36. The summed E-state index contributed by atoms with van der Waals surface area (Å²) in [5.74, 6) is 0.899. The summed E-state index contributed by atoms with van der Waals surface area (Å²) in [5, 5.41) is 7.40. The van der Waals surface area contributed by atoms with Crippen molar-refractivity contribution in [3.63, 3.8) is 0 Å². The van der Waals surface area contributed by atoms with Crippen molar-refractivity contribution < 1.29 is 14.3 Å². The Bertz CT molecular complexity index is 1660. The first kappa shape index (κ1) is 34.6. The summed E-state index contributed by atoms with van der Waals surface area (Å²) < 4.78 is 9.14. The average molecular weight is 659 g/mol. The number of nitrogens with one attached hydrogen (secondary N) is 1. The highest BCUT2D eigenvalue weighted by atomic mass is 32.1. The van der Waals surface area contributed by atoms with Gasteiger partial charge in [0.25, 0.3) is 5.56 Å². The number of rotatable bonds is 19. The van der Waals surface area contributed by atoms with Gasteiger partial charge in [-0.15, -0.1) is 11.3 Å². The van der Waals surface area contributed by atoms with E-state index in [1.807, 2.05) is 24.3 Å². The summed E-state index contributed by atoms with van der Waals surface area (Å²) in [6.07, 6.45) is 8.18. The monoisotopic (exact) mass is 658 g/mol. The van der Waals surface area contributed by atoms with Crippen molar-refractivity contribution in [1.82, 2.24) is 14.8 Å². The fraction of sp³-hybridized carbons (Fsp3) is 0.500. The van der Waals surface area contributed by atoms with Crippen molar-refractivity contribution in [2.45, 2.75) is 77.7 Å². The summed E-state index contributed by atoms with van der Waals surface area (Å²) in [4.78, 5) is 42.4. The molecule has 1 aliphatic heterocycles. The Morgan fingerprint density at radius 2 is 1.70 bits per heavy atom. The number of pyridine rings is 1. The van der Waals surface area contributed by atoms with Crippen LogP contribution in [0.15, 0.2) is 64.8 Å². The van der Waals surface area contributed by atoms with Crippen LogP contribution in [-0.2, 0) is 16.1 Å². The summed E-state index contributed by atoms with van der Waals surface area (Å²) in [7, 11) is 0. The number of benzene rings is 2. The molecule has 1 N–H and O–H groups in total. The van der Waals surface area contributed by atoms with E-state index in [9.17, 15) is 14.4 Å². The smallest absolute Gasteiger partial charge is 0.251 e.